The lowest BCUT2D eigenvalue weighted by atomic mass is 10.4. The Morgan fingerprint density at radius 2 is 2.15 bits per heavy atom. The number of hydrogen-bond acceptors (Lipinski definition) is 7. The first kappa shape index (κ1) is 14.0. The highest BCUT2D eigenvalue weighted by Gasteiger charge is 2.06. The Kier molecular flexibility index (Phi) is 4.34. The van der Waals surface area contributed by atoms with Crippen LogP contribution in [0.3, 0.4) is 0 Å². The lowest BCUT2D eigenvalue weighted by molar-refractivity contribution is 0.222. The summed E-state index contributed by atoms with van der Waals surface area (Å²) in [5.41, 5.74) is 6.75. The van der Waals surface area contributed by atoms with E-state index in [0.29, 0.717) is 19.0 Å². The Morgan fingerprint density at radius 1 is 1.35 bits per heavy atom. The summed E-state index contributed by atoms with van der Waals surface area (Å²) in [6, 6.07) is 0.227. The molecule has 20 heavy (non-hydrogen) atoms. The van der Waals surface area contributed by atoms with Crippen molar-refractivity contribution in [3.05, 3.63) is 18.0 Å². The molecule has 0 atom stereocenters. The number of nitrogen functional groups attached to an aromatic ring is 1. The van der Waals surface area contributed by atoms with Gasteiger partial charge in [-0.2, -0.15) is 20.1 Å². The second-order valence-corrected chi connectivity index (χ2v) is 4.67. The highest BCUT2D eigenvalue weighted by Crippen LogP contribution is 2.10. The Morgan fingerprint density at radius 3 is 2.80 bits per heavy atom. The molecule has 0 radical (unpaired) electrons. The predicted octanol–water partition coefficient (Wildman–Crippen LogP) is 0.858. The minimum absolute atomic E-state index is 0.0169. The number of anilines is 2. The van der Waals surface area contributed by atoms with E-state index in [1.807, 2.05) is 37.8 Å². The fourth-order valence-corrected chi connectivity index (χ4v) is 1.59. The topological polar surface area (TPSA) is 104 Å². The summed E-state index contributed by atoms with van der Waals surface area (Å²) in [6.07, 6.45) is 3.77. The smallest absolute Gasteiger partial charge is 0.323 e. The van der Waals surface area contributed by atoms with E-state index < -0.39 is 0 Å². The van der Waals surface area contributed by atoms with E-state index in [1.165, 1.54) is 0 Å². The molecule has 2 aromatic heterocycles. The van der Waals surface area contributed by atoms with Crippen LogP contribution in [0.2, 0.25) is 0 Å². The molecule has 0 unspecified atom stereocenters. The standard InChI is InChI=1S/C12H19N7O/c1-8(2)20-12-17-10(13)16-11(18-12)14-4-5-19-7-9(3)6-15-19/h6-8H,4-5H2,1-3H3,(H3,13,14,16,17,18). The van der Waals surface area contributed by atoms with Gasteiger partial charge in [-0.15, -0.1) is 0 Å². The van der Waals surface area contributed by atoms with Gasteiger partial charge in [0.05, 0.1) is 18.8 Å². The quantitative estimate of drug-likeness (QED) is 0.806. The molecule has 8 heteroatoms. The van der Waals surface area contributed by atoms with Crippen LogP contribution in [0.1, 0.15) is 19.4 Å². The number of nitrogens with two attached hydrogens (primary N) is 1. The van der Waals surface area contributed by atoms with E-state index in [4.69, 9.17) is 10.5 Å². The van der Waals surface area contributed by atoms with Gasteiger partial charge in [0.2, 0.25) is 11.9 Å². The maximum atomic E-state index is 5.62. The Bertz CT molecular complexity index is 567. The molecule has 8 nitrogen and oxygen atoms in total. The lowest BCUT2D eigenvalue weighted by Gasteiger charge is -2.10. The van der Waals surface area contributed by atoms with Crippen molar-refractivity contribution in [2.75, 3.05) is 17.6 Å². The first-order valence-corrected chi connectivity index (χ1v) is 6.44. The van der Waals surface area contributed by atoms with Crippen molar-refractivity contribution in [1.29, 1.82) is 0 Å². The van der Waals surface area contributed by atoms with Gasteiger partial charge in [0.1, 0.15) is 0 Å². The summed E-state index contributed by atoms with van der Waals surface area (Å²) in [6.45, 7) is 7.13. The minimum atomic E-state index is -0.0169. The molecule has 0 aliphatic carbocycles. The molecular weight excluding hydrogens is 258 g/mol. The number of rotatable bonds is 6. The van der Waals surface area contributed by atoms with E-state index in [2.05, 4.69) is 25.4 Å². The number of aryl methyl sites for hydroxylation is 1. The molecule has 2 heterocycles. The van der Waals surface area contributed by atoms with Crippen molar-refractivity contribution < 1.29 is 4.74 Å². The van der Waals surface area contributed by atoms with Gasteiger partial charge in [0, 0.05) is 12.7 Å². The zero-order valence-electron chi connectivity index (χ0n) is 11.9. The van der Waals surface area contributed by atoms with Gasteiger partial charge in [-0.25, -0.2) is 0 Å². The molecule has 0 aliphatic heterocycles. The average Bonchev–Trinajstić information content (AvgIpc) is 2.73. The SMILES string of the molecule is Cc1cnn(CCNc2nc(N)nc(OC(C)C)n2)c1. The molecule has 2 aromatic rings. The van der Waals surface area contributed by atoms with Crippen molar-refractivity contribution in [2.45, 2.75) is 33.4 Å². The second-order valence-electron chi connectivity index (χ2n) is 4.67. The summed E-state index contributed by atoms with van der Waals surface area (Å²) in [5.74, 6) is 0.533. The molecule has 3 N–H and O–H groups in total. The summed E-state index contributed by atoms with van der Waals surface area (Å²) < 4.78 is 7.25. The van der Waals surface area contributed by atoms with Crippen LogP contribution in [0.5, 0.6) is 6.01 Å². The number of ether oxygens (including phenoxy) is 1. The van der Waals surface area contributed by atoms with Gasteiger partial charge >= 0.3 is 6.01 Å². The van der Waals surface area contributed by atoms with Crippen LogP contribution in [0.4, 0.5) is 11.9 Å². The van der Waals surface area contributed by atoms with Gasteiger partial charge in [0.15, 0.2) is 0 Å². The Hall–Kier alpha value is -2.38. The molecular formula is C12H19N7O. The van der Waals surface area contributed by atoms with Gasteiger partial charge in [-0.1, -0.05) is 0 Å². The average molecular weight is 277 g/mol. The maximum Gasteiger partial charge on any atom is 0.323 e. The van der Waals surface area contributed by atoms with Gasteiger partial charge in [-0.05, 0) is 26.3 Å². The van der Waals surface area contributed by atoms with Crippen LogP contribution in [0.25, 0.3) is 0 Å². The number of nitrogens with one attached hydrogen (secondary N) is 1. The van der Waals surface area contributed by atoms with Crippen LogP contribution in [-0.4, -0.2) is 37.4 Å². The van der Waals surface area contributed by atoms with Crippen molar-refractivity contribution in [1.82, 2.24) is 24.7 Å². The van der Waals surface area contributed by atoms with Crippen LogP contribution in [-0.2, 0) is 6.54 Å². The minimum Gasteiger partial charge on any atom is -0.461 e. The maximum absolute atomic E-state index is 5.62. The largest absolute Gasteiger partial charge is 0.461 e. The molecule has 0 spiro atoms. The molecule has 0 saturated heterocycles. The zero-order chi connectivity index (χ0) is 14.5. The van der Waals surface area contributed by atoms with Crippen molar-refractivity contribution in [3.63, 3.8) is 0 Å². The summed E-state index contributed by atoms with van der Waals surface area (Å²) >= 11 is 0. The van der Waals surface area contributed by atoms with E-state index in [0.717, 1.165) is 5.56 Å². The zero-order valence-corrected chi connectivity index (χ0v) is 11.9. The fourth-order valence-electron chi connectivity index (χ4n) is 1.59. The van der Waals surface area contributed by atoms with Gasteiger partial charge in [-0.3, -0.25) is 4.68 Å². The number of nitrogens with zero attached hydrogens (tertiary/aromatic N) is 5. The normalized spacial score (nSPS) is 10.8. The second kappa shape index (κ2) is 6.18. The Labute approximate surface area is 117 Å². The third kappa shape index (κ3) is 4.08. The Balaban J connectivity index is 1.93. The van der Waals surface area contributed by atoms with Crippen LogP contribution in [0.15, 0.2) is 12.4 Å². The van der Waals surface area contributed by atoms with E-state index in [9.17, 15) is 0 Å². The van der Waals surface area contributed by atoms with Crippen LogP contribution in [0, 0.1) is 6.92 Å². The molecule has 0 bridgehead atoms. The van der Waals surface area contributed by atoms with Gasteiger partial charge < -0.3 is 15.8 Å². The van der Waals surface area contributed by atoms with Gasteiger partial charge in [0.25, 0.3) is 0 Å². The fraction of sp³-hybridized carbons (Fsp3) is 0.500. The van der Waals surface area contributed by atoms with Crippen molar-refractivity contribution in [2.24, 2.45) is 0 Å². The monoisotopic (exact) mass is 277 g/mol. The first-order valence-electron chi connectivity index (χ1n) is 6.44. The number of aromatic nitrogens is 5. The molecule has 0 amide bonds. The van der Waals surface area contributed by atoms with Crippen LogP contribution < -0.4 is 15.8 Å². The highest BCUT2D eigenvalue weighted by atomic mass is 16.5. The molecule has 0 saturated carbocycles. The molecule has 108 valence electrons. The third-order valence-corrected chi connectivity index (χ3v) is 2.36. The lowest BCUT2D eigenvalue weighted by Crippen LogP contribution is -2.15. The van der Waals surface area contributed by atoms with Crippen molar-refractivity contribution >= 4 is 11.9 Å². The molecule has 0 fully saturated rings. The molecule has 0 aromatic carbocycles. The van der Waals surface area contributed by atoms with Crippen molar-refractivity contribution in [3.8, 4) is 6.01 Å². The molecule has 0 aliphatic rings. The first-order chi connectivity index (χ1) is 9.52. The summed E-state index contributed by atoms with van der Waals surface area (Å²) in [5, 5.41) is 7.27. The van der Waals surface area contributed by atoms with E-state index in [-0.39, 0.29) is 18.1 Å². The number of hydrogen-bond donors (Lipinski definition) is 2. The third-order valence-electron chi connectivity index (χ3n) is 2.36. The van der Waals surface area contributed by atoms with E-state index in [1.54, 1.807) is 0 Å². The predicted molar refractivity (Wildman–Crippen MR) is 75.5 cm³/mol. The summed E-state index contributed by atoms with van der Waals surface area (Å²) in [7, 11) is 0. The van der Waals surface area contributed by atoms with Crippen LogP contribution >= 0.6 is 0 Å². The summed E-state index contributed by atoms with van der Waals surface area (Å²) in [4.78, 5) is 12.1. The van der Waals surface area contributed by atoms with E-state index >= 15 is 0 Å². The highest BCUT2D eigenvalue weighted by molar-refractivity contribution is 5.32. The molecule has 2 rings (SSSR count).